The monoisotopic (exact) mass is 251 g/mol. The van der Waals surface area contributed by atoms with Crippen LogP contribution in [-0.4, -0.2) is 35.2 Å². The number of halogens is 1. The van der Waals surface area contributed by atoms with E-state index in [1.165, 1.54) is 0 Å². The summed E-state index contributed by atoms with van der Waals surface area (Å²) in [5.41, 5.74) is 0.537. The quantitative estimate of drug-likeness (QED) is 0.872. The fraction of sp³-hybridized carbons (Fsp3) is 0.571. The predicted molar refractivity (Wildman–Crippen MR) is 69.3 cm³/mol. The van der Waals surface area contributed by atoms with E-state index in [1.54, 1.807) is 0 Å². The molecule has 2 bridgehead atoms. The van der Waals surface area contributed by atoms with Gasteiger partial charge in [0.15, 0.2) is 0 Å². The summed E-state index contributed by atoms with van der Waals surface area (Å²) in [6.45, 7) is 3.23. The highest BCUT2D eigenvalue weighted by molar-refractivity contribution is 6.31. The molecule has 0 spiro atoms. The molecule has 2 heterocycles. The standard InChI is InChI=1S/C14H18ClNO/c15-13-4-2-1-3-11(13)9-14(17)6-8-16-7-5-12(14)10-16/h1-4,12,17H,5-10H2. The van der Waals surface area contributed by atoms with Crippen LogP contribution in [0.1, 0.15) is 18.4 Å². The van der Waals surface area contributed by atoms with Crippen molar-refractivity contribution < 1.29 is 5.11 Å². The summed E-state index contributed by atoms with van der Waals surface area (Å²) in [7, 11) is 0. The molecule has 2 nitrogen and oxygen atoms in total. The zero-order valence-corrected chi connectivity index (χ0v) is 10.7. The van der Waals surface area contributed by atoms with Gasteiger partial charge < -0.3 is 10.0 Å². The van der Waals surface area contributed by atoms with E-state index in [0.29, 0.717) is 12.3 Å². The van der Waals surface area contributed by atoms with Gasteiger partial charge in [0, 0.05) is 30.5 Å². The second kappa shape index (κ2) is 4.27. The third kappa shape index (κ3) is 2.10. The predicted octanol–water partition coefficient (Wildman–Crippen LogP) is 2.34. The highest BCUT2D eigenvalue weighted by Crippen LogP contribution is 2.38. The zero-order chi connectivity index (χ0) is 11.9. The fourth-order valence-corrected chi connectivity index (χ4v) is 3.44. The summed E-state index contributed by atoms with van der Waals surface area (Å²) in [5.74, 6) is 0.424. The van der Waals surface area contributed by atoms with Crippen LogP contribution >= 0.6 is 11.6 Å². The minimum atomic E-state index is -0.544. The lowest BCUT2D eigenvalue weighted by atomic mass is 9.78. The van der Waals surface area contributed by atoms with Crippen LogP contribution in [0.4, 0.5) is 0 Å². The number of fused-ring (bicyclic) bond motifs is 2. The number of nitrogens with zero attached hydrogens (tertiary/aromatic N) is 1. The van der Waals surface area contributed by atoms with Crippen LogP contribution in [-0.2, 0) is 6.42 Å². The third-order valence-corrected chi connectivity index (χ3v) is 4.72. The van der Waals surface area contributed by atoms with Crippen molar-refractivity contribution in [1.82, 2.24) is 4.90 Å². The van der Waals surface area contributed by atoms with Gasteiger partial charge >= 0.3 is 0 Å². The molecule has 0 radical (unpaired) electrons. The van der Waals surface area contributed by atoms with Crippen molar-refractivity contribution in [2.24, 2.45) is 5.92 Å². The number of rotatable bonds is 2. The van der Waals surface area contributed by atoms with Crippen molar-refractivity contribution in [3.63, 3.8) is 0 Å². The molecule has 3 unspecified atom stereocenters. The maximum absolute atomic E-state index is 10.9. The van der Waals surface area contributed by atoms with E-state index in [-0.39, 0.29) is 0 Å². The second-order valence-electron chi connectivity index (χ2n) is 5.41. The van der Waals surface area contributed by atoms with E-state index in [4.69, 9.17) is 11.6 Å². The first-order valence-corrected chi connectivity index (χ1v) is 6.73. The minimum Gasteiger partial charge on any atom is -0.389 e. The molecule has 1 aromatic carbocycles. The van der Waals surface area contributed by atoms with Crippen molar-refractivity contribution in [1.29, 1.82) is 0 Å². The Morgan fingerprint density at radius 2 is 2.18 bits per heavy atom. The van der Waals surface area contributed by atoms with Crippen molar-refractivity contribution in [3.8, 4) is 0 Å². The van der Waals surface area contributed by atoms with Gasteiger partial charge in [-0.1, -0.05) is 29.8 Å². The summed E-state index contributed by atoms with van der Waals surface area (Å²) in [6, 6.07) is 7.87. The highest BCUT2D eigenvalue weighted by atomic mass is 35.5. The summed E-state index contributed by atoms with van der Waals surface area (Å²) in [4.78, 5) is 2.45. The molecule has 0 aromatic heterocycles. The molecular formula is C14H18ClNO. The molecule has 3 atom stereocenters. The van der Waals surface area contributed by atoms with Crippen LogP contribution in [0, 0.1) is 5.92 Å². The maximum Gasteiger partial charge on any atom is 0.0741 e. The lowest BCUT2D eigenvalue weighted by Crippen LogP contribution is -2.47. The van der Waals surface area contributed by atoms with E-state index in [2.05, 4.69) is 4.90 Å². The lowest BCUT2D eigenvalue weighted by molar-refractivity contribution is -0.0438. The molecule has 2 saturated heterocycles. The molecule has 0 aliphatic carbocycles. The van der Waals surface area contributed by atoms with Gasteiger partial charge in [0.2, 0.25) is 0 Å². The summed E-state index contributed by atoms with van der Waals surface area (Å²) < 4.78 is 0. The molecule has 2 fully saturated rings. The smallest absolute Gasteiger partial charge is 0.0741 e. The van der Waals surface area contributed by atoms with Crippen molar-refractivity contribution in [2.45, 2.75) is 24.9 Å². The van der Waals surface area contributed by atoms with Gasteiger partial charge in [-0.05, 0) is 31.0 Å². The van der Waals surface area contributed by atoms with Crippen molar-refractivity contribution in [3.05, 3.63) is 34.9 Å². The van der Waals surface area contributed by atoms with Crippen molar-refractivity contribution in [2.75, 3.05) is 19.6 Å². The molecule has 17 heavy (non-hydrogen) atoms. The first-order valence-electron chi connectivity index (χ1n) is 6.35. The number of hydrogen-bond acceptors (Lipinski definition) is 2. The first kappa shape index (κ1) is 11.5. The Kier molecular flexibility index (Phi) is 2.89. The average molecular weight is 252 g/mol. The van der Waals surface area contributed by atoms with Gasteiger partial charge in [-0.15, -0.1) is 0 Å². The van der Waals surface area contributed by atoms with Gasteiger partial charge in [-0.2, -0.15) is 0 Å². The van der Waals surface area contributed by atoms with Gasteiger partial charge in [0.1, 0.15) is 0 Å². The van der Waals surface area contributed by atoms with Gasteiger partial charge in [-0.3, -0.25) is 0 Å². The van der Waals surface area contributed by atoms with Crippen molar-refractivity contribution >= 4 is 11.6 Å². The highest BCUT2D eigenvalue weighted by Gasteiger charge is 2.44. The average Bonchev–Trinajstić information content (AvgIpc) is 2.74. The Morgan fingerprint density at radius 1 is 1.35 bits per heavy atom. The van der Waals surface area contributed by atoms with E-state index in [0.717, 1.165) is 43.1 Å². The maximum atomic E-state index is 10.9. The van der Waals surface area contributed by atoms with Gasteiger partial charge in [-0.25, -0.2) is 0 Å². The van der Waals surface area contributed by atoms with Crippen LogP contribution in [0.25, 0.3) is 0 Å². The van der Waals surface area contributed by atoms with E-state index >= 15 is 0 Å². The van der Waals surface area contributed by atoms with Crippen LogP contribution < -0.4 is 0 Å². The SMILES string of the molecule is OC1(Cc2ccccc2Cl)CCN2CCC1C2. The molecule has 3 rings (SSSR count). The van der Waals surface area contributed by atoms with E-state index in [1.807, 2.05) is 24.3 Å². The van der Waals surface area contributed by atoms with Crippen LogP contribution in [0.3, 0.4) is 0 Å². The minimum absolute atomic E-state index is 0.424. The lowest BCUT2D eigenvalue weighted by Gasteiger charge is -2.39. The summed E-state index contributed by atoms with van der Waals surface area (Å²) >= 11 is 6.19. The van der Waals surface area contributed by atoms with Crippen LogP contribution in [0.2, 0.25) is 5.02 Å². The van der Waals surface area contributed by atoms with E-state index in [9.17, 15) is 5.11 Å². The largest absolute Gasteiger partial charge is 0.389 e. The Balaban J connectivity index is 1.82. The Morgan fingerprint density at radius 3 is 3.00 bits per heavy atom. The third-order valence-electron chi connectivity index (χ3n) is 4.35. The number of piperidine rings is 1. The Hall–Kier alpha value is -0.570. The molecule has 2 aliphatic rings. The molecule has 1 N–H and O–H groups in total. The zero-order valence-electron chi connectivity index (χ0n) is 9.90. The number of benzene rings is 1. The van der Waals surface area contributed by atoms with Gasteiger partial charge in [0.25, 0.3) is 0 Å². The Labute approximate surface area is 107 Å². The molecule has 92 valence electrons. The first-order chi connectivity index (χ1) is 8.17. The molecule has 1 aromatic rings. The molecule has 3 heteroatoms. The number of aliphatic hydroxyl groups is 1. The molecule has 2 aliphatic heterocycles. The van der Waals surface area contributed by atoms with Crippen LogP contribution in [0.5, 0.6) is 0 Å². The Bertz CT molecular complexity index is 422. The molecule has 0 saturated carbocycles. The topological polar surface area (TPSA) is 23.5 Å². The normalized spacial score (nSPS) is 36.1. The van der Waals surface area contributed by atoms with Crippen LogP contribution in [0.15, 0.2) is 24.3 Å². The summed E-state index contributed by atoms with van der Waals surface area (Å²) in [5, 5.41) is 11.6. The number of hydrogen-bond donors (Lipinski definition) is 1. The molecule has 0 amide bonds. The second-order valence-corrected chi connectivity index (χ2v) is 5.82. The fourth-order valence-electron chi connectivity index (χ4n) is 3.23. The van der Waals surface area contributed by atoms with E-state index < -0.39 is 5.60 Å². The summed E-state index contributed by atoms with van der Waals surface area (Å²) in [6.07, 6.45) is 2.70. The molecular weight excluding hydrogens is 234 g/mol. The van der Waals surface area contributed by atoms with Gasteiger partial charge in [0.05, 0.1) is 5.60 Å².